The van der Waals surface area contributed by atoms with Crippen molar-refractivity contribution in [3.8, 4) is 0 Å². The van der Waals surface area contributed by atoms with Gasteiger partial charge in [0.2, 0.25) is 0 Å². The molecular weight excluding hydrogens is 408 g/mol. The predicted molar refractivity (Wildman–Crippen MR) is 120 cm³/mol. The monoisotopic (exact) mass is 438 g/mol. The fourth-order valence-electron chi connectivity index (χ4n) is 4.46. The molecule has 1 aliphatic heterocycles. The Morgan fingerprint density at radius 2 is 1.66 bits per heavy atom. The van der Waals surface area contributed by atoms with Crippen molar-refractivity contribution in [2.24, 2.45) is 0 Å². The molecule has 2 N–H and O–H groups in total. The number of hydrogen-bond donors (Lipinski definition) is 2. The minimum atomic E-state index is -1.66. The number of carbonyl (C=O) groups excluding carboxylic acids is 3. The van der Waals surface area contributed by atoms with Gasteiger partial charge in [-0.15, -0.1) is 0 Å². The van der Waals surface area contributed by atoms with Crippen molar-refractivity contribution < 1.29 is 24.2 Å². The molecule has 2 aromatic carbocycles. The van der Waals surface area contributed by atoms with Gasteiger partial charge in [-0.2, -0.15) is 0 Å². The summed E-state index contributed by atoms with van der Waals surface area (Å²) < 4.78 is 4.84. The van der Waals surface area contributed by atoms with Crippen LogP contribution in [0.25, 0.3) is 0 Å². The zero-order valence-corrected chi connectivity index (χ0v) is 19.1. The second-order valence-electron chi connectivity index (χ2n) is 8.85. The Balaban J connectivity index is 1.77. The van der Waals surface area contributed by atoms with Gasteiger partial charge in [0, 0.05) is 18.0 Å². The fraction of sp³-hybridized carbons (Fsp3) is 0.400. The third-order valence-corrected chi connectivity index (χ3v) is 6.17. The third-order valence-electron chi connectivity index (χ3n) is 6.17. The standard InChI is InChI=1S/C25H30N2O5/c1-16(2)27-23(30)25(31,24(27,3)4)19-13-11-18(12-14-19)21(28)26-20(22(29)32-5)15-17-9-7-6-8-10-17/h6-14,16,20,31H,15H2,1-5H3,(H,26,28)/t20-,25+/m0/s1. The minimum absolute atomic E-state index is 0.0392. The van der Waals surface area contributed by atoms with Crippen LogP contribution in [0, 0.1) is 0 Å². The van der Waals surface area contributed by atoms with E-state index >= 15 is 0 Å². The van der Waals surface area contributed by atoms with Gasteiger partial charge in [-0.05, 0) is 51.0 Å². The molecule has 3 rings (SSSR count). The number of methoxy groups -OCH3 is 1. The van der Waals surface area contributed by atoms with E-state index in [0.29, 0.717) is 17.5 Å². The number of hydrogen-bond acceptors (Lipinski definition) is 5. The van der Waals surface area contributed by atoms with Crippen molar-refractivity contribution in [3.05, 3.63) is 71.3 Å². The van der Waals surface area contributed by atoms with E-state index in [1.807, 2.05) is 58.0 Å². The molecule has 2 amide bonds. The van der Waals surface area contributed by atoms with Crippen molar-refractivity contribution in [2.75, 3.05) is 7.11 Å². The molecule has 170 valence electrons. The summed E-state index contributed by atoms with van der Waals surface area (Å²) >= 11 is 0. The number of carbonyl (C=O) groups is 3. The lowest BCUT2D eigenvalue weighted by molar-refractivity contribution is -0.221. The maximum atomic E-state index is 12.8. The Kier molecular flexibility index (Phi) is 6.41. The number of aliphatic hydroxyl groups is 1. The van der Waals surface area contributed by atoms with Gasteiger partial charge in [0.25, 0.3) is 11.8 Å². The summed E-state index contributed by atoms with van der Waals surface area (Å²) in [6.45, 7) is 7.44. The molecule has 0 spiro atoms. The van der Waals surface area contributed by atoms with E-state index in [4.69, 9.17) is 4.74 Å². The SMILES string of the molecule is COC(=O)[C@H](Cc1ccccc1)NC(=O)c1ccc([C@@]2(O)C(=O)N(C(C)C)C2(C)C)cc1. The Labute approximate surface area is 188 Å². The molecule has 0 bridgehead atoms. The average Bonchev–Trinajstić information content (AvgIpc) is 2.77. The number of esters is 1. The Morgan fingerprint density at radius 3 is 2.16 bits per heavy atom. The van der Waals surface area contributed by atoms with Gasteiger partial charge >= 0.3 is 5.97 Å². The van der Waals surface area contributed by atoms with Gasteiger partial charge in [0.15, 0.2) is 5.60 Å². The molecule has 2 atom stereocenters. The van der Waals surface area contributed by atoms with Crippen LogP contribution in [0.2, 0.25) is 0 Å². The predicted octanol–water partition coefficient (Wildman–Crippen LogP) is 2.42. The first kappa shape index (κ1) is 23.5. The van der Waals surface area contributed by atoms with Crippen LogP contribution in [-0.2, 0) is 26.3 Å². The number of amides is 2. The molecule has 1 heterocycles. The molecule has 0 aliphatic carbocycles. The lowest BCUT2D eigenvalue weighted by Gasteiger charge is -2.61. The molecule has 1 saturated heterocycles. The molecule has 0 saturated carbocycles. The van der Waals surface area contributed by atoms with Gasteiger partial charge in [0.1, 0.15) is 6.04 Å². The molecule has 7 nitrogen and oxygen atoms in total. The second kappa shape index (κ2) is 8.74. The molecule has 2 aromatic rings. The lowest BCUT2D eigenvalue weighted by atomic mass is 9.66. The zero-order chi connectivity index (χ0) is 23.7. The van der Waals surface area contributed by atoms with Crippen LogP contribution in [0.3, 0.4) is 0 Å². The summed E-state index contributed by atoms with van der Waals surface area (Å²) in [5, 5.41) is 13.9. The largest absolute Gasteiger partial charge is 0.467 e. The Hall–Kier alpha value is -3.19. The van der Waals surface area contributed by atoms with E-state index in [2.05, 4.69) is 5.32 Å². The highest BCUT2D eigenvalue weighted by atomic mass is 16.5. The molecule has 1 aliphatic rings. The fourth-order valence-corrected chi connectivity index (χ4v) is 4.46. The molecule has 0 unspecified atom stereocenters. The molecule has 0 radical (unpaired) electrons. The molecule has 32 heavy (non-hydrogen) atoms. The summed E-state index contributed by atoms with van der Waals surface area (Å²) in [6.07, 6.45) is 0.296. The van der Waals surface area contributed by atoms with E-state index in [-0.39, 0.29) is 11.9 Å². The van der Waals surface area contributed by atoms with Crippen molar-refractivity contribution in [2.45, 2.75) is 57.3 Å². The quantitative estimate of drug-likeness (QED) is 0.511. The number of benzene rings is 2. The normalized spacial score (nSPS) is 20.5. The van der Waals surface area contributed by atoms with Crippen LogP contribution in [-0.4, -0.2) is 52.5 Å². The summed E-state index contributed by atoms with van der Waals surface area (Å²) in [4.78, 5) is 39.4. The van der Waals surface area contributed by atoms with Crippen LogP contribution in [0.1, 0.15) is 49.2 Å². The highest BCUT2D eigenvalue weighted by Gasteiger charge is 2.67. The number of rotatable bonds is 7. The number of β-lactam (4-membered cyclic amide) rings is 1. The van der Waals surface area contributed by atoms with Crippen LogP contribution in [0.15, 0.2) is 54.6 Å². The first-order chi connectivity index (χ1) is 15.0. The van der Waals surface area contributed by atoms with Gasteiger partial charge in [-0.25, -0.2) is 4.79 Å². The third kappa shape index (κ3) is 3.88. The first-order valence-electron chi connectivity index (χ1n) is 10.6. The van der Waals surface area contributed by atoms with Crippen LogP contribution in [0.5, 0.6) is 0 Å². The number of ether oxygens (including phenoxy) is 1. The van der Waals surface area contributed by atoms with Crippen LogP contribution in [0.4, 0.5) is 0 Å². The smallest absolute Gasteiger partial charge is 0.328 e. The van der Waals surface area contributed by atoms with Crippen LogP contribution >= 0.6 is 0 Å². The summed E-state index contributed by atoms with van der Waals surface area (Å²) in [6, 6.07) is 14.7. The summed E-state index contributed by atoms with van der Waals surface area (Å²) in [7, 11) is 1.28. The highest BCUT2D eigenvalue weighted by Crippen LogP contribution is 2.49. The molecular formula is C25H30N2O5. The van der Waals surface area contributed by atoms with Crippen LogP contribution < -0.4 is 5.32 Å². The van der Waals surface area contributed by atoms with E-state index in [9.17, 15) is 19.5 Å². The lowest BCUT2D eigenvalue weighted by Crippen LogP contribution is -2.79. The number of nitrogens with one attached hydrogen (secondary N) is 1. The van der Waals surface area contributed by atoms with E-state index in [1.54, 1.807) is 29.2 Å². The van der Waals surface area contributed by atoms with Crippen molar-refractivity contribution in [1.29, 1.82) is 0 Å². The summed E-state index contributed by atoms with van der Waals surface area (Å²) in [5.74, 6) is -1.34. The maximum absolute atomic E-state index is 12.8. The van der Waals surface area contributed by atoms with E-state index in [0.717, 1.165) is 5.56 Å². The van der Waals surface area contributed by atoms with Crippen molar-refractivity contribution in [3.63, 3.8) is 0 Å². The van der Waals surface area contributed by atoms with Gasteiger partial charge in [-0.1, -0.05) is 42.5 Å². The van der Waals surface area contributed by atoms with Crippen molar-refractivity contribution >= 4 is 17.8 Å². The molecule has 7 heteroatoms. The minimum Gasteiger partial charge on any atom is -0.467 e. The number of nitrogens with zero attached hydrogens (tertiary/aromatic N) is 1. The van der Waals surface area contributed by atoms with E-state index < -0.39 is 29.1 Å². The maximum Gasteiger partial charge on any atom is 0.328 e. The zero-order valence-electron chi connectivity index (χ0n) is 19.1. The van der Waals surface area contributed by atoms with Crippen molar-refractivity contribution in [1.82, 2.24) is 10.2 Å². The Bertz CT molecular complexity index is 1000. The topological polar surface area (TPSA) is 95.9 Å². The Morgan fingerprint density at radius 1 is 1.06 bits per heavy atom. The highest BCUT2D eigenvalue weighted by molar-refractivity contribution is 5.98. The van der Waals surface area contributed by atoms with Gasteiger partial charge in [0.05, 0.1) is 12.6 Å². The van der Waals surface area contributed by atoms with Gasteiger partial charge in [-0.3, -0.25) is 9.59 Å². The van der Waals surface area contributed by atoms with Gasteiger partial charge < -0.3 is 20.1 Å². The molecule has 1 fully saturated rings. The summed E-state index contributed by atoms with van der Waals surface area (Å²) in [5.41, 5.74) is -0.817. The number of likely N-dealkylation sites (tertiary alicyclic amines) is 1. The first-order valence-corrected chi connectivity index (χ1v) is 10.6. The molecule has 0 aromatic heterocycles. The average molecular weight is 439 g/mol. The van der Waals surface area contributed by atoms with E-state index in [1.165, 1.54) is 7.11 Å². The second-order valence-corrected chi connectivity index (χ2v) is 8.85.